The summed E-state index contributed by atoms with van der Waals surface area (Å²) in [6.07, 6.45) is 5.26. The van der Waals surface area contributed by atoms with Crippen LogP contribution in [-0.4, -0.2) is 33.0 Å². The second-order valence-electron chi connectivity index (χ2n) is 7.54. The number of likely N-dealkylation sites (tertiary alicyclic amines) is 1. The van der Waals surface area contributed by atoms with Crippen molar-refractivity contribution in [3.05, 3.63) is 29.8 Å². The molecule has 134 valence electrons. The van der Waals surface area contributed by atoms with Gasteiger partial charge in [0.2, 0.25) is 0 Å². The minimum absolute atomic E-state index is 0.177. The van der Waals surface area contributed by atoms with Crippen molar-refractivity contribution in [2.45, 2.75) is 44.9 Å². The van der Waals surface area contributed by atoms with Crippen LogP contribution in [0.15, 0.2) is 24.3 Å². The van der Waals surface area contributed by atoms with Crippen LogP contribution in [0.4, 0.5) is 5.69 Å². The average molecular weight is 352 g/mol. The molecule has 1 saturated heterocycles. The molecule has 1 saturated carbocycles. The van der Waals surface area contributed by atoms with Crippen LogP contribution in [0.1, 0.15) is 45.1 Å². The predicted molar refractivity (Wildman–Crippen MR) is 98.1 cm³/mol. The van der Waals surface area contributed by atoms with Gasteiger partial charge in [-0.05, 0) is 42.5 Å². The van der Waals surface area contributed by atoms with Crippen LogP contribution in [0.3, 0.4) is 0 Å². The first-order valence-corrected chi connectivity index (χ1v) is 10.5. The predicted octanol–water partition coefficient (Wildman–Crippen LogP) is 2.70. The minimum Gasteiger partial charge on any atom is -0.303 e. The highest BCUT2D eigenvalue weighted by atomic mass is 32.2. The van der Waals surface area contributed by atoms with Gasteiger partial charge in [-0.3, -0.25) is 4.72 Å². The maximum atomic E-state index is 11.2. The van der Waals surface area contributed by atoms with E-state index in [2.05, 4.69) is 29.5 Å². The van der Waals surface area contributed by atoms with E-state index in [0.717, 1.165) is 0 Å². The number of hydrogen-bond acceptors (Lipinski definition) is 3. The fourth-order valence-electron chi connectivity index (χ4n) is 4.42. The lowest BCUT2D eigenvalue weighted by atomic mass is 9.92. The molecule has 1 aliphatic heterocycles. The second-order valence-corrected chi connectivity index (χ2v) is 8.84. The van der Waals surface area contributed by atoms with Crippen molar-refractivity contribution in [2.24, 2.45) is 17.0 Å². The molecule has 5 nitrogen and oxygen atoms in total. The highest BCUT2D eigenvalue weighted by Crippen LogP contribution is 2.63. The summed E-state index contributed by atoms with van der Waals surface area (Å²) in [5, 5.41) is 5.07. The van der Waals surface area contributed by atoms with E-state index >= 15 is 0 Å². The standard InChI is InChI=1S/C18H29N3O2S/c1-3-4-5-6-10-21-12-16-17(13-21)18(16,2)14-8-7-9-15(11-14)20-24(19,22)23/h7-9,11,16-17,20H,3-6,10,12-13H2,1-2H3,(H2,19,22,23). The number of hydrogen-bond donors (Lipinski definition) is 2. The van der Waals surface area contributed by atoms with Gasteiger partial charge in [0.05, 0.1) is 5.69 Å². The van der Waals surface area contributed by atoms with Crippen molar-refractivity contribution in [1.29, 1.82) is 0 Å². The molecule has 3 N–H and O–H groups in total. The Hall–Kier alpha value is -1.11. The van der Waals surface area contributed by atoms with Crippen molar-refractivity contribution >= 4 is 15.9 Å². The van der Waals surface area contributed by atoms with Crippen molar-refractivity contribution in [3.8, 4) is 0 Å². The molecule has 2 fully saturated rings. The number of nitrogens with one attached hydrogen (secondary N) is 1. The van der Waals surface area contributed by atoms with Crippen molar-refractivity contribution < 1.29 is 8.42 Å². The molecule has 0 amide bonds. The van der Waals surface area contributed by atoms with Crippen LogP contribution >= 0.6 is 0 Å². The Balaban J connectivity index is 1.59. The van der Waals surface area contributed by atoms with Crippen LogP contribution in [0.25, 0.3) is 0 Å². The maximum absolute atomic E-state index is 11.2. The molecular formula is C18H29N3O2S. The zero-order valence-electron chi connectivity index (χ0n) is 14.7. The van der Waals surface area contributed by atoms with Gasteiger partial charge in [0.25, 0.3) is 10.2 Å². The lowest BCUT2D eigenvalue weighted by molar-refractivity contribution is 0.271. The van der Waals surface area contributed by atoms with Gasteiger partial charge in [0.15, 0.2) is 0 Å². The molecule has 2 atom stereocenters. The molecular weight excluding hydrogens is 322 g/mol. The third kappa shape index (κ3) is 3.60. The molecule has 1 aliphatic carbocycles. The van der Waals surface area contributed by atoms with E-state index in [9.17, 15) is 8.42 Å². The van der Waals surface area contributed by atoms with Crippen LogP contribution < -0.4 is 9.86 Å². The van der Waals surface area contributed by atoms with Crippen molar-refractivity contribution in [2.75, 3.05) is 24.4 Å². The lowest BCUT2D eigenvalue weighted by Gasteiger charge is -2.24. The summed E-state index contributed by atoms with van der Waals surface area (Å²) < 4.78 is 24.8. The summed E-state index contributed by atoms with van der Waals surface area (Å²) in [7, 11) is -3.72. The molecule has 24 heavy (non-hydrogen) atoms. The van der Waals surface area contributed by atoms with Gasteiger partial charge in [0, 0.05) is 18.5 Å². The summed E-state index contributed by atoms with van der Waals surface area (Å²) in [5.74, 6) is 1.38. The first kappa shape index (κ1) is 17.7. The van der Waals surface area contributed by atoms with Gasteiger partial charge >= 0.3 is 0 Å². The summed E-state index contributed by atoms with van der Waals surface area (Å²) in [6.45, 7) is 8.11. The zero-order valence-corrected chi connectivity index (χ0v) is 15.5. The Morgan fingerprint density at radius 1 is 1.25 bits per heavy atom. The van der Waals surface area contributed by atoms with E-state index < -0.39 is 10.2 Å². The van der Waals surface area contributed by atoms with Gasteiger partial charge in [0.1, 0.15) is 0 Å². The van der Waals surface area contributed by atoms with E-state index in [1.807, 2.05) is 12.1 Å². The van der Waals surface area contributed by atoms with Crippen LogP contribution in [0.2, 0.25) is 0 Å². The van der Waals surface area contributed by atoms with Gasteiger partial charge < -0.3 is 4.90 Å². The molecule has 2 aliphatic rings. The normalized spacial score (nSPS) is 29.5. The summed E-state index contributed by atoms with van der Waals surface area (Å²) in [4.78, 5) is 2.60. The Morgan fingerprint density at radius 2 is 1.96 bits per heavy atom. The summed E-state index contributed by atoms with van der Waals surface area (Å²) >= 11 is 0. The van der Waals surface area contributed by atoms with E-state index in [1.54, 1.807) is 6.07 Å². The highest BCUT2D eigenvalue weighted by molar-refractivity contribution is 7.90. The molecule has 0 bridgehead atoms. The molecule has 6 heteroatoms. The molecule has 1 heterocycles. The lowest BCUT2D eigenvalue weighted by Crippen LogP contribution is -2.30. The SMILES string of the molecule is CCCCCCN1CC2C(C1)C2(C)c1cccc(NS(N)(=O)=O)c1. The monoisotopic (exact) mass is 351 g/mol. The van der Waals surface area contributed by atoms with Gasteiger partial charge in [-0.2, -0.15) is 8.42 Å². The van der Waals surface area contributed by atoms with Gasteiger partial charge in [-0.15, -0.1) is 0 Å². The number of anilines is 1. The van der Waals surface area contributed by atoms with E-state index in [1.165, 1.54) is 50.9 Å². The Labute approximate surface area is 145 Å². The van der Waals surface area contributed by atoms with Crippen molar-refractivity contribution in [1.82, 2.24) is 4.90 Å². The average Bonchev–Trinajstić information content (AvgIpc) is 2.88. The first-order chi connectivity index (χ1) is 11.3. The molecule has 0 radical (unpaired) electrons. The zero-order chi connectivity index (χ0) is 17.4. The number of benzene rings is 1. The van der Waals surface area contributed by atoms with Crippen LogP contribution in [0.5, 0.6) is 0 Å². The van der Waals surface area contributed by atoms with Gasteiger partial charge in [-0.1, -0.05) is 45.2 Å². The Kier molecular flexibility index (Phi) is 4.91. The second kappa shape index (κ2) is 6.65. The Bertz CT molecular complexity index is 677. The highest BCUT2D eigenvalue weighted by Gasteiger charge is 2.65. The van der Waals surface area contributed by atoms with Gasteiger partial charge in [-0.25, -0.2) is 5.14 Å². The molecule has 1 aromatic carbocycles. The summed E-state index contributed by atoms with van der Waals surface area (Å²) in [5.41, 5.74) is 1.95. The molecule has 0 spiro atoms. The fourth-order valence-corrected chi connectivity index (χ4v) is 4.87. The van der Waals surface area contributed by atoms with E-state index in [4.69, 9.17) is 5.14 Å². The molecule has 2 unspecified atom stereocenters. The molecule has 1 aromatic rings. The molecule has 0 aromatic heterocycles. The van der Waals surface area contributed by atoms with Crippen LogP contribution in [0, 0.1) is 11.8 Å². The quantitative estimate of drug-likeness (QED) is 0.707. The number of piperidine rings is 1. The summed E-state index contributed by atoms with van der Waals surface area (Å²) in [6, 6.07) is 7.70. The van der Waals surface area contributed by atoms with E-state index in [-0.39, 0.29) is 5.41 Å². The first-order valence-electron chi connectivity index (χ1n) is 8.98. The maximum Gasteiger partial charge on any atom is 0.296 e. The van der Waals surface area contributed by atoms with Crippen LogP contribution in [-0.2, 0) is 15.6 Å². The minimum atomic E-state index is -3.72. The number of unbranched alkanes of at least 4 members (excludes halogenated alkanes) is 3. The third-order valence-electron chi connectivity index (χ3n) is 5.90. The number of nitrogens with two attached hydrogens (primary N) is 1. The largest absolute Gasteiger partial charge is 0.303 e. The topological polar surface area (TPSA) is 75.4 Å². The fraction of sp³-hybridized carbons (Fsp3) is 0.667. The number of rotatable bonds is 8. The molecule has 3 rings (SSSR count). The number of fused-ring (bicyclic) bond motifs is 1. The van der Waals surface area contributed by atoms with E-state index in [0.29, 0.717) is 17.5 Å². The smallest absolute Gasteiger partial charge is 0.296 e. The number of nitrogens with zero attached hydrogens (tertiary/aromatic N) is 1. The third-order valence-corrected chi connectivity index (χ3v) is 6.42. The Morgan fingerprint density at radius 3 is 2.58 bits per heavy atom. The van der Waals surface area contributed by atoms with Crippen molar-refractivity contribution in [3.63, 3.8) is 0 Å².